The molecule has 1 aliphatic rings. The highest BCUT2D eigenvalue weighted by molar-refractivity contribution is 5.27. The molecule has 206 valence electrons. The molecular weight excluding hydrogens is 500 g/mol. The van der Waals surface area contributed by atoms with Gasteiger partial charge in [-0.15, -0.1) is 0 Å². The molecule has 5 nitrogen and oxygen atoms in total. The molecule has 0 fully saturated rings. The smallest absolute Gasteiger partial charge is 0.118 e. The minimum absolute atomic E-state index is 0.300. The highest BCUT2D eigenvalue weighted by Crippen LogP contribution is 2.28. The molecule has 0 radical (unpaired) electrons. The van der Waals surface area contributed by atoms with Crippen LogP contribution >= 0.6 is 0 Å². The first kappa shape index (κ1) is 27.8. The SMILES string of the molecule is COc1ccc(CO[C@@H]2C=C[C@H](OCc3ccccc3)[C@@H](OCc3ccccc3)[C@H]2OCc2ccccc2)cc1. The third-order valence-corrected chi connectivity index (χ3v) is 6.92. The van der Waals surface area contributed by atoms with Gasteiger partial charge >= 0.3 is 0 Å². The standard InChI is InChI=1S/C35H36O5/c1-36-31-19-17-30(18-20-31)24-38-33-22-21-32(37-23-27-11-5-2-6-12-27)34(39-25-28-13-7-3-8-14-28)35(33)40-26-29-15-9-4-10-16-29/h2-22,32-35H,23-26H2,1H3/t32-,33+,34+,35-/m0/s1. The Labute approximate surface area is 236 Å². The largest absolute Gasteiger partial charge is 0.497 e. The van der Waals surface area contributed by atoms with Gasteiger partial charge in [0.2, 0.25) is 0 Å². The van der Waals surface area contributed by atoms with E-state index in [4.69, 9.17) is 23.7 Å². The molecule has 4 atom stereocenters. The van der Waals surface area contributed by atoms with Crippen molar-refractivity contribution in [2.75, 3.05) is 7.11 Å². The summed E-state index contributed by atoms with van der Waals surface area (Å²) in [7, 11) is 1.67. The van der Waals surface area contributed by atoms with Gasteiger partial charge in [-0.3, -0.25) is 0 Å². The lowest BCUT2D eigenvalue weighted by molar-refractivity contribution is -0.178. The van der Waals surface area contributed by atoms with Gasteiger partial charge in [-0.25, -0.2) is 0 Å². The van der Waals surface area contributed by atoms with Crippen LogP contribution in [0.4, 0.5) is 0 Å². The van der Waals surface area contributed by atoms with Gasteiger partial charge in [-0.05, 0) is 34.4 Å². The van der Waals surface area contributed by atoms with E-state index in [1.807, 2.05) is 78.9 Å². The molecule has 0 N–H and O–H groups in total. The molecule has 0 aliphatic heterocycles. The van der Waals surface area contributed by atoms with Crippen molar-refractivity contribution in [1.29, 1.82) is 0 Å². The number of ether oxygens (including phenoxy) is 5. The molecule has 0 spiro atoms. The fourth-order valence-corrected chi connectivity index (χ4v) is 4.71. The second-order valence-corrected chi connectivity index (χ2v) is 9.79. The lowest BCUT2D eigenvalue weighted by atomic mass is 9.95. The van der Waals surface area contributed by atoms with Gasteiger partial charge in [-0.2, -0.15) is 0 Å². The molecule has 0 unspecified atom stereocenters. The predicted octanol–water partition coefficient (Wildman–Crippen LogP) is 6.91. The molecule has 0 amide bonds. The average molecular weight is 537 g/mol. The molecule has 4 aromatic rings. The highest BCUT2D eigenvalue weighted by Gasteiger charge is 2.39. The van der Waals surface area contributed by atoms with Crippen LogP contribution in [0, 0.1) is 0 Å². The Morgan fingerprint density at radius 1 is 0.425 bits per heavy atom. The Balaban J connectivity index is 1.36. The molecule has 0 heterocycles. The summed E-state index contributed by atoms with van der Waals surface area (Å²) in [6, 6.07) is 38.5. The first-order valence-corrected chi connectivity index (χ1v) is 13.7. The van der Waals surface area contributed by atoms with E-state index in [1.54, 1.807) is 7.11 Å². The van der Waals surface area contributed by atoms with E-state index in [9.17, 15) is 0 Å². The number of benzene rings is 4. The van der Waals surface area contributed by atoms with Crippen LogP contribution < -0.4 is 4.74 Å². The Morgan fingerprint density at radius 2 is 0.775 bits per heavy atom. The minimum Gasteiger partial charge on any atom is -0.497 e. The molecule has 4 aromatic carbocycles. The van der Waals surface area contributed by atoms with Crippen LogP contribution in [0.2, 0.25) is 0 Å². The summed E-state index contributed by atoms with van der Waals surface area (Å²) in [6.07, 6.45) is 2.73. The van der Waals surface area contributed by atoms with Crippen molar-refractivity contribution in [3.8, 4) is 5.75 Å². The Bertz CT molecular complexity index is 1290. The van der Waals surface area contributed by atoms with Gasteiger partial charge < -0.3 is 23.7 Å². The van der Waals surface area contributed by atoms with E-state index < -0.39 is 0 Å². The van der Waals surface area contributed by atoms with Crippen molar-refractivity contribution in [2.24, 2.45) is 0 Å². The van der Waals surface area contributed by atoms with E-state index in [0.717, 1.165) is 28.0 Å². The van der Waals surface area contributed by atoms with Gasteiger partial charge in [0.15, 0.2) is 0 Å². The summed E-state index contributed by atoms with van der Waals surface area (Å²) in [6.45, 7) is 1.80. The third kappa shape index (κ3) is 7.90. The maximum Gasteiger partial charge on any atom is 0.118 e. The van der Waals surface area contributed by atoms with E-state index in [-0.39, 0.29) is 24.4 Å². The summed E-state index contributed by atoms with van der Waals surface area (Å²) >= 11 is 0. The van der Waals surface area contributed by atoms with Crippen LogP contribution in [-0.2, 0) is 45.4 Å². The lowest BCUT2D eigenvalue weighted by Crippen LogP contribution is -2.51. The first-order chi connectivity index (χ1) is 19.8. The van der Waals surface area contributed by atoms with Gasteiger partial charge in [0.25, 0.3) is 0 Å². The predicted molar refractivity (Wildman–Crippen MR) is 156 cm³/mol. The summed E-state index contributed by atoms with van der Waals surface area (Å²) < 4.78 is 31.3. The minimum atomic E-state index is -0.382. The van der Waals surface area contributed by atoms with Crippen molar-refractivity contribution < 1.29 is 23.7 Å². The maximum absolute atomic E-state index is 6.59. The normalized spacial score (nSPS) is 20.3. The molecule has 5 heteroatoms. The van der Waals surface area contributed by atoms with E-state index in [0.29, 0.717) is 26.4 Å². The fourth-order valence-electron chi connectivity index (χ4n) is 4.71. The molecular formula is C35H36O5. The molecule has 1 aliphatic carbocycles. The number of hydrogen-bond donors (Lipinski definition) is 0. The van der Waals surface area contributed by atoms with Crippen LogP contribution in [0.5, 0.6) is 5.75 Å². The zero-order valence-electron chi connectivity index (χ0n) is 22.8. The molecule has 0 saturated heterocycles. The molecule has 0 aromatic heterocycles. The van der Waals surface area contributed by atoms with Gasteiger partial charge in [0.05, 0.1) is 33.5 Å². The summed E-state index contributed by atoms with van der Waals surface area (Å²) in [5, 5.41) is 0. The van der Waals surface area contributed by atoms with Crippen molar-refractivity contribution in [3.05, 3.63) is 150 Å². The van der Waals surface area contributed by atoms with Crippen molar-refractivity contribution in [1.82, 2.24) is 0 Å². The Hall–Kier alpha value is -3.74. The van der Waals surface area contributed by atoms with Crippen LogP contribution in [0.25, 0.3) is 0 Å². The summed E-state index contributed by atoms with van der Waals surface area (Å²) in [4.78, 5) is 0. The van der Waals surface area contributed by atoms with Crippen molar-refractivity contribution in [3.63, 3.8) is 0 Å². The number of rotatable bonds is 13. The van der Waals surface area contributed by atoms with Crippen molar-refractivity contribution >= 4 is 0 Å². The summed E-state index contributed by atoms with van der Waals surface area (Å²) in [5.41, 5.74) is 4.35. The van der Waals surface area contributed by atoms with E-state index in [2.05, 4.69) is 48.6 Å². The summed E-state index contributed by atoms with van der Waals surface area (Å²) in [5.74, 6) is 0.818. The Morgan fingerprint density at radius 3 is 1.15 bits per heavy atom. The van der Waals surface area contributed by atoms with Crippen LogP contribution in [0.15, 0.2) is 127 Å². The van der Waals surface area contributed by atoms with Gasteiger partial charge in [0, 0.05) is 0 Å². The Kier molecular flexibility index (Phi) is 10.1. The van der Waals surface area contributed by atoms with Gasteiger partial charge in [-0.1, -0.05) is 115 Å². The quantitative estimate of drug-likeness (QED) is 0.174. The average Bonchev–Trinajstić information content (AvgIpc) is 3.03. The second kappa shape index (κ2) is 14.6. The van der Waals surface area contributed by atoms with Gasteiger partial charge in [0.1, 0.15) is 30.2 Å². The zero-order valence-corrected chi connectivity index (χ0v) is 22.8. The van der Waals surface area contributed by atoms with E-state index in [1.165, 1.54) is 0 Å². The number of hydrogen-bond acceptors (Lipinski definition) is 5. The second-order valence-electron chi connectivity index (χ2n) is 9.79. The maximum atomic E-state index is 6.59. The lowest BCUT2D eigenvalue weighted by Gasteiger charge is -2.39. The monoisotopic (exact) mass is 536 g/mol. The van der Waals surface area contributed by atoms with Crippen LogP contribution in [0.3, 0.4) is 0 Å². The zero-order chi connectivity index (χ0) is 27.4. The number of methoxy groups -OCH3 is 1. The third-order valence-electron chi connectivity index (χ3n) is 6.92. The highest BCUT2D eigenvalue weighted by atomic mass is 16.6. The molecule has 0 saturated carbocycles. The van der Waals surface area contributed by atoms with Crippen LogP contribution in [-0.4, -0.2) is 31.5 Å². The van der Waals surface area contributed by atoms with Crippen molar-refractivity contribution in [2.45, 2.75) is 50.8 Å². The topological polar surface area (TPSA) is 46.2 Å². The molecule has 40 heavy (non-hydrogen) atoms. The fraction of sp³-hybridized carbons (Fsp3) is 0.257. The first-order valence-electron chi connectivity index (χ1n) is 13.7. The molecule has 0 bridgehead atoms. The molecule has 5 rings (SSSR count). The van der Waals surface area contributed by atoms with E-state index >= 15 is 0 Å². The van der Waals surface area contributed by atoms with Crippen LogP contribution in [0.1, 0.15) is 22.3 Å².